The molecule has 7 nitrogen and oxygen atoms in total. The number of carbonyl (C=O) groups is 2. The minimum Gasteiger partial charge on any atom is -0.452 e. The van der Waals surface area contributed by atoms with Crippen molar-refractivity contribution >= 4 is 33.5 Å². The molecule has 1 aromatic carbocycles. The van der Waals surface area contributed by atoms with E-state index in [-0.39, 0.29) is 28.0 Å². The van der Waals surface area contributed by atoms with E-state index in [2.05, 4.69) is 0 Å². The third kappa shape index (κ3) is 5.74. The average Bonchev–Trinajstić information content (AvgIpc) is 3.17. The third-order valence-corrected chi connectivity index (χ3v) is 8.02. The molecule has 2 aliphatic rings. The highest BCUT2D eigenvalue weighted by Gasteiger charge is 2.28. The Hall–Kier alpha value is -1.64. The van der Waals surface area contributed by atoms with Crippen molar-refractivity contribution in [1.82, 2.24) is 9.21 Å². The van der Waals surface area contributed by atoms with E-state index in [0.717, 1.165) is 51.4 Å². The molecule has 0 radical (unpaired) electrons. The second-order valence-corrected chi connectivity index (χ2v) is 10.1. The zero-order valence-corrected chi connectivity index (χ0v) is 18.7. The van der Waals surface area contributed by atoms with Crippen LogP contribution in [0.3, 0.4) is 0 Å². The number of esters is 1. The van der Waals surface area contributed by atoms with E-state index in [1.807, 2.05) is 0 Å². The van der Waals surface area contributed by atoms with Crippen LogP contribution in [0.5, 0.6) is 0 Å². The molecule has 0 saturated carbocycles. The lowest BCUT2D eigenvalue weighted by atomic mass is 10.2. The zero-order valence-electron chi connectivity index (χ0n) is 17.1. The van der Waals surface area contributed by atoms with Crippen molar-refractivity contribution in [3.05, 3.63) is 28.8 Å². The summed E-state index contributed by atoms with van der Waals surface area (Å²) in [6.45, 7) is 1.89. The number of rotatable bonds is 5. The molecule has 0 aromatic heterocycles. The van der Waals surface area contributed by atoms with Crippen LogP contribution in [0.25, 0.3) is 0 Å². The first-order valence-corrected chi connectivity index (χ1v) is 12.5. The Bertz CT molecular complexity index is 858. The van der Waals surface area contributed by atoms with Gasteiger partial charge in [0.1, 0.15) is 4.90 Å². The molecule has 1 amide bonds. The Morgan fingerprint density at radius 3 is 2.07 bits per heavy atom. The van der Waals surface area contributed by atoms with Gasteiger partial charge in [-0.3, -0.25) is 4.79 Å². The van der Waals surface area contributed by atoms with Crippen molar-refractivity contribution in [2.75, 3.05) is 32.8 Å². The first-order chi connectivity index (χ1) is 14.4. The maximum atomic E-state index is 13.1. The van der Waals surface area contributed by atoms with E-state index in [4.69, 9.17) is 16.3 Å². The van der Waals surface area contributed by atoms with Gasteiger partial charge in [-0.15, -0.1) is 0 Å². The summed E-state index contributed by atoms with van der Waals surface area (Å²) in [5.41, 5.74) is 0.0662. The van der Waals surface area contributed by atoms with Crippen molar-refractivity contribution in [2.24, 2.45) is 0 Å². The van der Waals surface area contributed by atoms with Crippen molar-refractivity contribution in [3.8, 4) is 0 Å². The van der Waals surface area contributed by atoms with E-state index >= 15 is 0 Å². The summed E-state index contributed by atoms with van der Waals surface area (Å²) in [5, 5.41) is 0.0661. The van der Waals surface area contributed by atoms with Crippen LogP contribution in [0.4, 0.5) is 0 Å². The standard InChI is InChI=1S/C21H29ClN2O5S/c22-18-10-9-17(15-19(18)30(27,28)24-13-7-3-4-8-14-24)21(26)29-16-20(25)23-11-5-1-2-6-12-23/h9-10,15H,1-8,11-14,16H2. The fourth-order valence-electron chi connectivity index (χ4n) is 3.87. The van der Waals surface area contributed by atoms with Crippen LogP contribution < -0.4 is 0 Å². The van der Waals surface area contributed by atoms with Gasteiger partial charge in [0, 0.05) is 26.2 Å². The van der Waals surface area contributed by atoms with Crippen molar-refractivity contribution in [1.29, 1.82) is 0 Å². The molecule has 0 spiro atoms. The van der Waals surface area contributed by atoms with Crippen molar-refractivity contribution in [2.45, 2.75) is 56.3 Å². The van der Waals surface area contributed by atoms with Crippen LogP contribution in [0.1, 0.15) is 61.7 Å². The van der Waals surface area contributed by atoms with Crippen LogP contribution in [-0.2, 0) is 19.6 Å². The molecule has 0 bridgehead atoms. The molecule has 3 rings (SSSR count). The quantitative estimate of drug-likeness (QED) is 0.633. The molecule has 2 aliphatic heterocycles. The topological polar surface area (TPSA) is 84.0 Å². The lowest BCUT2D eigenvalue weighted by Crippen LogP contribution is -2.35. The monoisotopic (exact) mass is 456 g/mol. The Kier molecular flexibility index (Phi) is 8.13. The number of halogens is 1. The molecular weight excluding hydrogens is 428 g/mol. The Balaban J connectivity index is 1.69. The van der Waals surface area contributed by atoms with Crippen LogP contribution in [-0.4, -0.2) is 62.3 Å². The van der Waals surface area contributed by atoms with E-state index in [0.29, 0.717) is 26.2 Å². The number of amides is 1. The minimum absolute atomic E-state index is 0.0661. The van der Waals surface area contributed by atoms with Gasteiger partial charge in [-0.05, 0) is 43.9 Å². The Morgan fingerprint density at radius 1 is 0.900 bits per heavy atom. The SMILES string of the molecule is O=C(OCC(=O)N1CCCCCC1)c1ccc(Cl)c(S(=O)(=O)N2CCCCCC2)c1. The summed E-state index contributed by atoms with van der Waals surface area (Å²) in [6, 6.07) is 4.06. The second-order valence-electron chi connectivity index (χ2n) is 7.83. The molecule has 30 heavy (non-hydrogen) atoms. The summed E-state index contributed by atoms with van der Waals surface area (Å²) < 4.78 is 32.7. The van der Waals surface area contributed by atoms with Crippen molar-refractivity contribution in [3.63, 3.8) is 0 Å². The van der Waals surface area contributed by atoms with Gasteiger partial charge in [-0.1, -0.05) is 37.3 Å². The fraction of sp³-hybridized carbons (Fsp3) is 0.619. The smallest absolute Gasteiger partial charge is 0.338 e. The Morgan fingerprint density at radius 2 is 1.47 bits per heavy atom. The maximum Gasteiger partial charge on any atom is 0.338 e. The number of benzene rings is 1. The third-order valence-electron chi connectivity index (χ3n) is 5.64. The van der Waals surface area contributed by atoms with Gasteiger partial charge in [-0.2, -0.15) is 4.31 Å². The summed E-state index contributed by atoms with van der Waals surface area (Å²) in [7, 11) is -3.81. The van der Waals surface area contributed by atoms with E-state index < -0.39 is 16.0 Å². The van der Waals surface area contributed by atoms with Crippen LogP contribution >= 0.6 is 11.6 Å². The predicted octanol–water partition coefficient (Wildman–Crippen LogP) is 3.46. The molecule has 2 saturated heterocycles. The predicted molar refractivity (Wildman–Crippen MR) is 114 cm³/mol. The highest BCUT2D eigenvalue weighted by molar-refractivity contribution is 7.89. The largest absolute Gasteiger partial charge is 0.452 e. The summed E-state index contributed by atoms with van der Waals surface area (Å²) in [5.74, 6) is -0.959. The zero-order chi connectivity index (χ0) is 21.6. The summed E-state index contributed by atoms with van der Waals surface area (Å²) in [6.07, 6.45) is 7.71. The number of hydrogen-bond acceptors (Lipinski definition) is 5. The molecule has 166 valence electrons. The molecule has 0 N–H and O–H groups in total. The Labute approximate surface area is 183 Å². The van der Waals surface area contributed by atoms with Crippen molar-refractivity contribution < 1.29 is 22.7 Å². The molecule has 0 unspecified atom stereocenters. The molecule has 2 fully saturated rings. The number of carbonyl (C=O) groups excluding carboxylic acids is 2. The van der Waals surface area contributed by atoms with Crippen LogP contribution in [0.15, 0.2) is 23.1 Å². The van der Waals surface area contributed by atoms with Crippen LogP contribution in [0.2, 0.25) is 5.02 Å². The molecule has 9 heteroatoms. The summed E-state index contributed by atoms with van der Waals surface area (Å²) >= 11 is 6.17. The number of ether oxygens (including phenoxy) is 1. The van der Waals surface area contributed by atoms with E-state index in [1.165, 1.54) is 22.5 Å². The highest BCUT2D eigenvalue weighted by atomic mass is 35.5. The number of nitrogens with zero attached hydrogens (tertiary/aromatic N) is 2. The van der Waals surface area contributed by atoms with E-state index in [9.17, 15) is 18.0 Å². The lowest BCUT2D eigenvalue weighted by molar-refractivity contribution is -0.134. The van der Waals surface area contributed by atoms with Gasteiger partial charge in [0.05, 0.1) is 10.6 Å². The summed E-state index contributed by atoms with van der Waals surface area (Å²) in [4.78, 5) is 26.4. The number of likely N-dealkylation sites (tertiary alicyclic amines) is 1. The average molecular weight is 457 g/mol. The van der Waals surface area contributed by atoms with Crippen LogP contribution in [0, 0.1) is 0 Å². The number of hydrogen-bond donors (Lipinski definition) is 0. The minimum atomic E-state index is -3.81. The first kappa shape index (κ1) is 23.0. The highest BCUT2D eigenvalue weighted by Crippen LogP contribution is 2.28. The molecule has 0 atom stereocenters. The van der Waals surface area contributed by atoms with Gasteiger partial charge < -0.3 is 9.64 Å². The van der Waals surface area contributed by atoms with Gasteiger partial charge >= 0.3 is 5.97 Å². The van der Waals surface area contributed by atoms with Gasteiger partial charge in [0.2, 0.25) is 10.0 Å². The van der Waals surface area contributed by atoms with Gasteiger partial charge in [-0.25, -0.2) is 13.2 Å². The molecular formula is C21H29ClN2O5S. The number of sulfonamides is 1. The van der Waals surface area contributed by atoms with E-state index in [1.54, 1.807) is 4.90 Å². The molecule has 0 aliphatic carbocycles. The maximum absolute atomic E-state index is 13.1. The van der Waals surface area contributed by atoms with Gasteiger partial charge in [0.25, 0.3) is 5.91 Å². The molecule has 1 aromatic rings. The first-order valence-electron chi connectivity index (χ1n) is 10.6. The normalized spacial score (nSPS) is 19.0. The molecule has 2 heterocycles. The van der Waals surface area contributed by atoms with Gasteiger partial charge in [0.15, 0.2) is 6.61 Å². The lowest BCUT2D eigenvalue weighted by Gasteiger charge is -2.21. The second kappa shape index (κ2) is 10.6. The fourth-order valence-corrected chi connectivity index (χ4v) is 5.89.